The summed E-state index contributed by atoms with van der Waals surface area (Å²) in [4.78, 5) is 0. The summed E-state index contributed by atoms with van der Waals surface area (Å²) in [6.07, 6.45) is 0. The van der Waals surface area contributed by atoms with E-state index in [1.807, 2.05) is 41.1 Å². The van der Waals surface area contributed by atoms with Crippen LogP contribution >= 0.6 is 0 Å². The molecule has 2 aromatic rings. The Kier molecular flexibility index (Phi) is 3.27. The number of aliphatic hydroxyl groups is 1. The van der Waals surface area contributed by atoms with Crippen molar-refractivity contribution in [3.8, 4) is 5.69 Å². The highest BCUT2D eigenvalue weighted by Gasteiger charge is 2.27. The van der Waals surface area contributed by atoms with E-state index in [4.69, 9.17) is 0 Å². The molecule has 0 aliphatic heterocycles. The Morgan fingerprint density at radius 2 is 1.58 bits per heavy atom. The zero-order valence-corrected chi connectivity index (χ0v) is 12.3. The lowest BCUT2D eigenvalue weighted by Gasteiger charge is -2.18. The lowest BCUT2D eigenvalue weighted by molar-refractivity contribution is 0.0711. The van der Waals surface area contributed by atoms with Crippen LogP contribution in [0.1, 0.15) is 46.0 Å². The van der Waals surface area contributed by atoms with Crippen LogP contribution in [0, 0.1) is 0 Å². The average Bonchev–Trinajstić information content (AvgIpc) is 2.74. The van der Waals surface area contributed by atoms with E-state index in [0.29, 0.717) is 0 Å². The topological polar surface area (TPSA) is 38.0 Å². The molecule has 0 bridgehead atoms. The van der Waals surface area contributed by atoms with Crippen LogP contribution in [0.25, 0.3) is 5.69 Å². The van der Waals surface area contributed by atoms with Crippen molar-refractivity contribution in [1.29, 1.82) is 0 Å². The summed E-state index contributed by atoms with van der Waals surface area (Å²) >= 11 is 0. The molecule has 1 aromatic carbocycles. The van der Waals surface area contributed by atoms with Crippen LogP contribution in [-0.2, 0) is 11.0 Å². The second-order valence-corrected chi connectivity index (χ2v) is 6.47. The smallest absolute Gasteiger partial charge is 0.101 e. The van der Waals surface area contributed by atoms with E-state index in [1.165, 1.54) is 0 Å². The molecule has 0 atom stereocenters. The van der Waals surface area contributed by atoms with Gasteiger partial charge in [0.05, 0.1) is 17.1 Å². The third kappa shape index (κ3) is 2.87. The number of nitrogens with zero attached hydrogens (tertiary/aromatic N) is 2. The fraction of sp³-hybridized carbons (Fsp3) is 0.438. The molecule has 0 saturated carbocycles. The zero-order valence-electron chi connectivity index (χ0n) is 12.3. The molecule has 19 heavy (non-hydrogen) atoms. The van der Waals surface area contributed by atoms with Gasteiger partial charge in [0.25, 0.3) is 0 Å². The minimum absolute atomic E-state index is 0.0416. The number of hydrogen-bond donors (Lipinski definition) is 1. The van der Waals surface area contributed by atoms with E-state index >= 15 is 0 Å². The molecule has 3 heteroatoms. The molecule has 1 heterocycles. The fourth-order valence-corrected chi connectivity index (χ4v) is 1.95. The first-order valence-electron chi connectivity index (χ1n) is 6.58. The van der Waals surface area contributed by atoms with Crippen molar-refractivity contribution >= 4 is 0 Å². The molecular weight excluding hydrogens is 236 g/mol. The predicted octanol–water partition coefficient (Wildman–Crippen LogP) is 3.40. The molecular formula is C16H22N2O. The number of aromatic nitrogens is 2. The Bertz CT molecular complexity index is 557. The van der Waals surface area contributed by atoms with E-state index in [0.717, 1.165) is 17.1 Å². The van der Waals surface area contributed by atoms with Crippen LogP contribution in [0.4, 0.5) is 0 Å². The van der Waals surface area contributed by atoms with E-state index in [2.05, 4.69) is 25.9 Å². The quantitative estimate of drug-likeness (QED) is 0.896. The summed E-state index contributed by atoms with van der Waals surface area (Å²) < 4.78 is 1.83. The molecule has 2 rings (SSSR count). The van der Waals surface area contributed by atoms with E-state index < -0.39 is 5.60 Å². The molecule has 0 aliphatic rings. The summed E-state index contributed by atoms with van der Waals surface area (Å²) in [6, 6.07) is 11.9. The third-order valence-electron chi connectivity index (χ3n) is 3.11. The maximum atomic E-state index is 10.3. The van der Waals surface area contributed by atoms with Crippen molar-refractivity contribution in [1.82, 2.24) is 9.78 Å². The molecule has 0 spiro atoms. The summed E-state index contributed by atoms with van der Waals surface area (Å²) in [6.45, 7) is 9.95. The van der Waals surface area contributed by atoms with Crippen molar-refractivity contribution in [2.24, 2.45) is 0 Å². The third-order valence-corrected chi connectivity index (χ3v) is 3.11. The largest absolute Gasteiger partial charge is 0.384 e. The summed E-state index contributed by atoms with van der Waals surface area (Å²) in [7, 11) is 0. The van der Waals surface area contributed by atoms with Gasteiger partial charge >= 0.3 is 0 Å². The van der Waals surface area contributed by atoms with Crippen molar-refractivity contribution in [3.05, 3.63) is 47.8 Å². The number of hydrogen-bond acceptors (Lipinski definition) is 2. The van der Waals surface area contributed by atoms with Crippen LogP contribution in [-0.4, -0.2) is 14.9 Å². The predicted molar refractivity (Wildman–Crippen MR) is 77.5 cm³/mol. The van der Waals surface area contributed by atoms with Crippen molar-refractivity contribution < 1.29 is 5.11 Å². The van der Waals surface area contributed by atoms with Gasteiger partial charge in [0, 0.05) is 5.41 Å². The highest BCUT2D eigenvalue weighted by molar-refractivity contribution is 5.36. The first kappa shape index (κ1) is 13.8. The lowest BCUT2D eigenvalue weighted by Crippen LogP contribution is -2.20. The number of benzene rings is 1. The number of para-hydroxylation sites is 1. The van der Waals surface area contributed by atoms with Crippen LogP contribution in [0.5, 0.6) is 0 Å². The van der Waals surface area contributed by atoms with Crippen LogP contribution < -0.4 is 0 Å². The highest BCUT2D eigenvalue weighted by atomic mass is 16.3. The molecule has 1 N–H and O–H groups in total. The van der Waals surface area contributed by atoms with Crippen LogP contribution in [0.3, 0.4) is 0 Å². The van der Waals surface area contributed by atoms with Gasteiger partial charge < -0.3 is 5.11 Å². The van der Waals surface area contributed by atoms with Gasteiger partial charge in [-0.15, -0.1) is 0 Å². The summed E-state index contributed by atoms with van der Waals surface area (Å²) in [5, 5.41) is 15.0. The number of rotatable bonds is 2. The van der Waals surface area contributed by atoms with Gasteiger partial charge in [-0.1, -0.05) is 39.0 Å². The molecule has 1 aromatic heterocycles. The molecule has 0 aliphatic carbocycles. The summed E-state index contributed by atoms with van der Waals surface area (Å²) in [5.74, 6) is 0. The molecule has 0 fully saturated rings. The minimum atomic E-state index is -0.924. The molecule has 0 radical (unpaired) electrons. The van der Waals surface area contributed by atoms with E-state index in [-0.39, 0.29) is 5.41 Å². The Morgan fingerprint density at radius 3 is 2.05 bits per heavy atom. The standard InChI is InChI=1S/C16H22N2O/c1-15(2,3)13-11-14(16(4,5)19)18(17-13)12-9-7-6-8-10-12/h6-11,19H,1-5H3. The SMILES string of the molecule is CC(C)(C)c1cc(C(C)(C)O)n(-c2ccccc2)n1. The normalized spacial score (nSPS) is 12.7. The van der Waals surface area contributed by atoms with Gasteiger partial charge in [0.15, 0.2) is 0 Å². The first-order chi connectivity index (χ1) is 8.69. The van der Waals surface area contributed by atoms with Crippen LogP contribution in [0.2, 0.25) is 0 Å². The Morgan fingerprint density at radius 1 is 1.00 bits per heavy atom. The summed E-state index contributed by atoms with van der Waals surface area (Å²) in [5.41, 5.74) is 1.79. The fourth-order valence-electron chi connectivity index (χ4n) is 1.95. The first-order valence-corrected chi connectivity index (χ1v) is 6.58. The molecule has 102 valence electrons. The highest BCUT2D eigenvalue weighted by Crippen LogP contribution is 2.29. The monoisotopic (exact) mass is 258 g/mol. The maximum Gasteiger partial charge on any atom is 0.101 e. The molecule has 3 nitrogen and oxygen atoms in total. The van der Waals surface area contributed by atoms with Gasteiger partial charge in [0.1, 0.15) is 5.60 Å². The van der Waals surface area contributed by atoms with Gasteiger partial charge in [-0.3, -0.25) is 0 Å². The minimum Gasteiger partial charge on any atom is -0.384 e. The van der Waals surface area contributed by atoms with Crippen molar-refractivity contribution in [2.45, 2.75) is 45.6 Å². The average molecular weight is 258 g/mol. The van der Waals surface area contributed by atoms with Gasteiger partial charge in [-0.2, -0.15) is 5.10 Å². The zero-order chi connectivity index (χ0) is 14.3. The van der Waals surface area contributed by atoms with Crippen LogP contribution in [0.15, 0.2) is 36.4 Å². The maximum absolute atomic E-state index is 10.3. The lowest BCUT2D eigenvalue weighted by atomic mass is 9.91. The van der Waals surface area contributed by atoms with Crippen molar-refractivity contribution in [2.75, 3.05) is 0 Å². The van der Waals surface area contributed by atoms with Crippen molar-refractivity contribution in [3.63, 3.8) is 0 Å². The second kappa shape index (κ2) is 4.49. The second-order valence-electron chi connectivity index (χ2n) is 6.47. The Balaban J connectivity index is 2.63. The molecule has 0 saturated heterocycles. The van der Waals surface area contributed by atoms with E-state index in [1.54, 1.807) is 13.8 Å². The van der Waals surface area contributed by atoms with Gasteiger partial charge in [-0.05, 0) is 32.0 Å². The molecule has 0 unspecified atom stereocenters. The Hall–Kier alpha value is -1.61. The van der Waals surface area contributed by atoms with Gasteiger partial charge in [0.2, 0.25) is 0 Å². The molecule has 0 amide bonds. The van der Waals surface area contributed by atoms with E-state index in [9.17, 15) is 5.11 Å². The Labute approximate surface area is 114 Å². The van der Waals surface area contributed by atoms with Gasteiger partial charge in [-0.25, -0.2) is 4.68 Å².